The quantitative estimate of drug-likeness (QED) is 0.596. The summed E-state index contributed by atoms with van der Waals surface area (Å²) in [4.78, 5) is 0. The number of hydrogen-bond donors (Lipinski definition) is 3. The maximum atomic E-state index is 9.67. The maximum Gasteiger partial charge on any atom is 0.120 e. The molecule has 1 aromatic rings. The Morgan fingerprint density at radius 3 is 2.89 bits per heavy atom. The summed E-state index contributed by atoms with van der Waals surface area (Å²) in [6, 6.07) is 5.22. The van der Waals surface area contributed by atoms with Gasteiger partial charge in [0.1, 0.15) is 11.5 Å². The first-order chi connectivity index (χ1) is 8.77. The Morgan fingerprint density at radius 2 is 2.17 bits per heavy atom. The molecule has 0 saturated carbocycles. The molecule has 0 atom stereocenters. The van der Waals surface area contributed by atoms with E-state index in [2.05, 4.69) is 5.32 Å². The molecule has 1 rings (SSSR count). The van der Waals surface area contributed by atoms with Crippen molar-refractivity contribution in [1.82, 2.24) is 5.32 Å². The number of aliphatic hydroxyl groups is 1. The molecule has 5 heteroatoms. The molecule has 3 N–H and O–H groups in total. The summed E-state index contributed by atoms with van der Waals surface area (Å²) >= 11 is 1.82. The number of phenolic OH excluding ortho intramolecular Hbond substituents is 1. The lowest BCUT2D eigenvalue weighted by Gasteiger charge is -2.08. The first-order valence-corrected chi connectivity index (χ1v) is 7.18. The third kappa shape index (κ3) is 5.62. The highest BCUT2D eigenvalue weighted by Gasteiger charge is 2.02. The van der Waals surface area contributed by atoms with Crippen molar-refractivity contribution < 1.29 is 14.9 Å². The van der Waals surface area contributed by atoms with Crippen molar-refractivity contribution in [2.45, 2.75) is 13.0 Å². The lowest BCUT2D eigenvalue weighted by atomic mass is 10.2. The molecule has 1 aromatic carbocycles. The highest BCUT2D eigenvalue weighted by Crippen LogP contribution is 2.22. The zero-order valence-corrected chi connectivity index (χ0v) is 11.5. The zero-order valence-electron chi connectivity index (χ0n) is 10.7. The summed E-state index contributed by atoms with van der Waals surface area (Å²) in [6.07, 6.45) is 0.849. The minimum Gasteiger partial charge on any atom is -0.508 e. The molecule has 0 aliphatic rings. The standard InChI is InChI=1S/C13H21NO3S/c1-17-12-3-4-13(16)11(9-12)10-14-5-8-18-7-2-6-15/h3-4,9,14-16H,2,5-8,10H2,1H3. The molecule has 0 fully saturated rings. The van der Waals surface area contributed by atoms with Gasteiger partial charge in [-0.15, -0.1) is 0 Å². The number of methoxy groups -OCH3 is 1. The first kappa shape index (κ1) is 15.1. The van der Waals surface area contributed by atoms with E-state index in [0.717, 1.165) is 35.8 Å². The number of aromatic hydroxyl groups is 1. The van der Waals surface area contributed by atoms with Crippen LogP contribution in [0.5, 0.6) is 11.5 Å². The average molecular weight is 271 g/mol. The number of hydrogen-bond acceptors (Lipinski definition) is 5. The molecule has 0 aliphatic carbocycles. The van der Waals surface area contributed by atoms with E-state index in [1.165, 1.54) is 0 Å². The number of rotatable bonds is 9. The molecule has 0 amide bonds. The fourth-order valence-electron chi connectivity index (χ4n) is 1.47. The average Bonchev–Trinajstić information content (AvgIpc) is 2.39. The highest BCUT2D eigenvalue weighted by atomic mass is 32.2. The smallest absolute Gasteiger partial charge is 0.120 e. The Labute approximate surface area is 112 Å². The van der Waals surface area contributed by atoms with Gasteiger partial charge in [-0.25, -0.2) is 0 Å². The topological polar surface area (TPSA) is 61.7 Å². The van der Waals surface area contributed by atoms with Gasteiger partial charge in [0, 0.05) is 31.0 Å². The monoisotopic (exact) mass is 271 g/mol. The van der Waals surface area contributed by atoms with Crippen LogP contribution in [0.2, 0.25) is 0 Å². The summed E-state index contributed by atoms with van der Waals surface area (Å²) in [5.74, 6) is 3.03. The Kier molecular flexibility index (Phi) is 7.64. The SMILES string of the molecule is COc1ccc(O)c(CNCCSCCCO)c1. The molecule has 0 unspecified atom stereocenters. The van der Waals surface area contributed by atoms with Crippen molar-refractivity contribution in [2.24, 2.45) is 0 Å². The third-order valence-corrected chi connectivity index (χ3v) is 3.54. The fourth-order valence-corrected chi connectivity index (χ4v) is 2.29. The van der Waals surface area contributed by atoms with E-state index in [9.17, 15) is 5.11 Å². The summed E-state index contributed by atoms with van der Waals surface area (Å²) in [5, 5.41) is 21.6. The van der Waals surface area contributed by atoms with Gasteiger partial charge in [-0.3, -0.25) is 0 Å². The number of ether oxygens (including phenoxy) is 1. The van der Waals surface area contributed by atoms with E-state index in [1.54, 1.807) is 19.2 Å². The molecule has 0 bridgehead atoms. The molecule has 4 nitrogen and oxygen atoms in total. The van der Waals surface area contributed by atoms with Crippen LogP contribution < -0.4 is 10.1 Å². The van der Waals surface area contributed by atoms with E-state index < -0.39 is 0 Å². The van der Waals surface area contributed by atoms with Crippen LogP contribution in [-0.2, 0) is 6.54 Å². The van der Waals surface area contributed by atoms with Gasteiger partial charge in [0.15, 0.2) is 0 Å². The van der Waals surface area contributed by atoms with Gasteiger partial charge in [-0.05, 0) is 30.4 Å². The van der Waals surface area contributed by atoms with Gasteiger partial charge in [-0.2, -0.15) is 11.8 Å². The number of phenols is 1. The van der Waals surface area contributed by atoms with E-state index in [-0.39, 0.29) is 12.4 Å². The van der Waals surface area contributed by atoms with Gasteiger partial charge in [0.25, 0.3) is 0 Å². The molecule has 0 saturated heterocycles. The maximum absolute atomic E-state index is 9.67. The van der Waals surface area contributed by atoms with E-state index in [1.807, 2.05) is 17.8 Å². The van der Waals surface area contributed by atoms with Crippen molar-refractivity contribution in [1.29, 1.82) is 0 Å². The normalized spacial score (nSPS) is 10.6. The molecule has 0 radical (unpaired) electrons. The van der Waals surface area contributed by atoms with E-state index >= 15 is 0 Å². The lowest BCUT2D eigenvalue weighted by Crippen LogP contribution is -2.16. The minimum atomic E-state index is 0.262. The van der Waals surface area contributed by atoms with Crippen LogP contribution in [0.1, 0.15) is 12.0 Å². The molecule has 0 aliphatic heterocycles. The summed E-state index contributed by atoms with van der Waals surface area (Å²) in [6.45, 7) is 1.77. The van der Waals surface area contributed by atoms with Crippen LogP contribution in [0.15, 0.2) is 18.2 Å². The number of thioether (sulfide) groups is 1. The van der Waals surface area contributed by atoms with Crippen LogP contribution in [0.3, 0.4) is 0 Å². The second-order valence-corrected chi connectivity index (χ2v) is 5.09. The molecule has 0 spiro atoms. The summed E-state index contributed by atoms with van der Waals surface area (Å²) < 4.78 is 5.11. The van der Waals surface area contributed by atoms with Crippen LogP contribution in [-0.4, -0.2) is 42.0 Å². The van der Waals surface area contributed by atoms with Gasteiger partial charge < -0.3 is 20.3 Å². The highest BCUT2D eigenvalue weighted by molar-refractivity contribution is 7.99. The van der Waals surface area contributed by atoms with Gasteiger partial charge in [0.2, 0.25) is 0 Å². The van der Waals surface area contributed by atoms with E-state index in [4.69, 9.17) is 9.84 Å². The third-order valence-electron chi connectivity index (χ3n) is 2.47. The predicted octanol–water partition coefficient (Wildman–Crippen LogP) is 1.61. The zero-order chi connectivity index (χ0) is 13.2. The first-order valence-electron chi connectivity index (χ1n) is 6.03. The van der Waals surface area contributed by atoms with Crippen molar-refractivity contribution in [3.05, 3.63) is 23.8 Å². The molecule has 102 valence electrons. The van der Waals surface area contributed by atoms with Crippen LogP contribution >= 0.6 is 11.8 Å². The Balaban J connectivity index is 2.22. The van der Waals surface area contributed by atoms with Crippen LogP contribution in [0.25, 0.3) is 0 Å². The van der Waals surface area contributed by atoms with Crippen molar-refractivity contribution in [2.75, 3.05) is 31.8 Å². The van der Waals surface area contributed by atoms with Crippen molar-refractivity contribution in [3.8, 4) is 11.5 Å². The number of benzene rings is 1. The van der Waals surface area contributed by atoms with Gasteiger partial charge in [0.05, 0.1) is 7.11 Å². The molecule has 0 heterocycles. The second-order valence-electron chi connectivity index (χ2n) is 3.86. The van der Waals surface area contributed by atoms with E-state index in [0.29, 0.717) is 6.54 Å². The molecular weight excluding hydrogens is 250 g/mol. The number of aliphatic hydroxyl groups excluding tert-OH is 1. The number of nitrogens with one attached hydrogen (secondary N) is 1. The molecular formula is C13H21NO3S. The second kappa shape index (κ2) is 9.08. The van der Waals surface area contributed by atoms with Crippen molar-refractivity contribution in [3.63, 3.8) is 0 Å². The summed E-state index contributed by atoms with van der Waals surface area (Å²) in [5.41, 5.74) is 0.842. The fraction of sp³-hybridized carbons (Fsp3) is 0.538. The Bertz CT molecular complexity index is 347. The van der Waals surface area contributed by atoms with Crippen LogP contribution in [0, 0.1) is 0 Å². The Morgan fingerprint density at radius 1 is 1.33 bits per heavy atom. The lowest BCUT2D eigenvalue weighted by molar-refractivity contribution is 0.296. The van der Waals surface area contributed by atoms with Crippen LogP contribution in [0.4, 0.5) is 0 Å². The summed E-state index contributed by atoms with van der Waals surface area (Å²) in [7, 11) is 1.61. The molecule has 18 heavy (non-hydrogen) atoms. The van der Waals surface area contributed by atoms with Gasteiger partial charge >= 0.3 is 0 Å². The van der Waals surface area contributed by atoms with Crippen molar-refractivity contribution >= 4 is 11.8 Å². The minimum absolute atomic E-state index is 0.262. The van der Waals surface area contributed by atoms with Gasteiger partial charge in [-0.1, -0.05) is 0 Å². The predicted molar refractivity (Wildman–Crippen MR) is 75.4 cm³/mol. The molecule has 0 aromatic heterocycles. The Hall–Kier alpha value is -0.910. The largest absolute Gasteiger partial charge is 0.508 e.